The number of benzene rings is 1. The summed E-state index contributed by atoms with van der Waals surface area (Å²) in [5, 5.41) is 5.47. The number of aliphatic imine (C=N–C) groups is 1. The zero-order valence-corrected chi connectivity index (χ0v) is 20.0. The summed E-state index contributed by atoms with van der Waals surface area (Å²) in [6.07, 6.45) is 7.77. The van der Waals surface area contributed by atoms with E-state index in [-0.39, 0.29) is 11.6 Å². The van der Waals surface area contributed by atoms with Crippen LogP contribution < -0.4 is 10.6 Å². The fourth-order valence-corrected chi connectivity index (χ4v) is 3.40. The second-order valence-electron chi connectivity index (χ2n) is 8.75. The summed E-state index contributed by atoms with van der Waals surface area (Å²) in [7, 11) is 1.30. The number of nitrogens with zero attached hydrogens (tertiary/aromatic N) is 1. The molecule has 0 fully saturated rings. The SMILES string of the molecule is C/C=C1/CC=C(NC(=O)C2=CC(c3ccc(NC(=O)OC(C)(C)C)cc3)=CC2)N=C1C(=O)OC. The Balaban J connectivity index is 1.63. The highest BCUT2D eigenvalue weighted by Gasteiger charge is 2.23. The molecule has 8 heteroatoms. The van der Waals surface area contributed by atoms with E-state index in [1.807, 2.05) is 31.2 Å². The molecule has 2 N–H and O–H groups in total. The fourth-order valence-electron chi connectivity index (χ4n) is 3.40. The van der Waals surface area contributed by atoms with E-state index in [1.54, 1.807) is 45.1 Å². The van der Waals surface area contributed by atoms with Gasteiger partial charge in [0.1, 0.15) is 11.4 Å². The van der Waals surface area contributed by atoms with E-state index in [1.165, 1.54) is 7.11 Å². The summed E-state index contributed by atoms with van der Waals surface area (Å²) in [6.45, 7) is 7.23. The number of carbonyl (C=O) groups excluding carboxylic acids is 3. The van der Waals surface area contributed by atoms with E-state index in [4.69, 9.17) is 9.47 Å². The lowest BCUT2D eigenvalue weighted by Gasteiger charge is -2.19. The first-order valence-corrected chi connectivity index (χ1v) is 10.9. The Bertz CT molecular complexity index is 1150. The highest BCUT2D eigenvalue weighted by molar-refractivity contribution is 6.43. The number of amides is 2. The number of ether oxygens (including phenoxy) is 2. The molecular formula is C26H29N3O5. The van der Waals surface area contributed by atoms with Crippen molar-refractivity contribution >= 4 is 34.9 Å². The van der Waals surface area contributed by atoms with Gasteiger partial charge in [-0.15, -0.1) is 0 Å². The molecule has 2 amide bonds. The van der Waals surface area contributed by atoms with Crippen LogP contribution in [-0.4, -0.2) is 36.4 Å². The van der Waals surface area contributed by atoms with E-state index >= 15 is 0 Å². The van der Waals surface area contributed by atoms with Crippen LogP contribution in [0.15, 0.2) is 70.5 Å². The highest BCUT2D eigenvalue weighted by atomic mass is 16.6. The molecule has 0 spiro atoms. The molecule has 0 aromatic heterocycles. The van der Waals surface area contributed by atoms with E-state index in [2.05, 4.69) is 15.6 Å². The Morgan fingerprint density at radius 3 is 2.35 bits per heavy atom. The molecule has 178 valence electrons. The summed E-state index contributed by atoms with van der Waals surface area (Å²) < 4.78 is 10.0. The van der Waals surface area contributed by atoms with Crippen molar-refractivity contribution in [2.45, 2.75) is 46.1 Å². The maximum absolute atomic E-state index is 12.8. The maximum atomic E-state index is 12.8. The van der Waals surface area contributed by atoms with Crippen molar-refractivity contribution in [3.8, 4) is 0 Å². The average Bonchev–Trinajstić information content (AvgIpc) is 3.28. The molecule has 3 rings (SSSR count). The number of anilines is 1. The minimum absolute atomic E-state index is 0.196. The van der Waals surface area contributed by atoms with E-state index in [0.29, 0.717) is 29.9 Å². The van der Waals surface area contributed by atoms with Gasteiger partial charge in [-0.2, -0.15) is 0 Å². The third-order valence-electron chi connectivity index (χ3n) is 5.05. The van der Waals surface area contributed by atoms with Gasteiger partial charge in [-0.05, 0) is 81.5 Å². The van der Waals surface area contributed by atoms with Crippen molar-refractivity contribution in [1.82, 2.24) is 5.32 Å². The van der Waals surface area contributed by atoms with Gasteiger partial charge in [0.2, 0.25) is 0 Å². The first-order valence-electron chi connectivity index (χ1n) is 10.9. The molecule has 0 bridgehead atoms. The van der Waals surface area contributed by atoms with Crippen LogP contribution in [0.3, 0.4) is 0 Å². The molecule has 1 heterocycles. The molecule has 1 aliphatic carbocycles. The maximum Gasteiger partial charge on any atom is 0.412 e. The second kappa shape index (κ2) is 10.3. The largest absolute Gasteiger partial charge is 0.464 e. The second-order valence-corrected chi connectivity index (χ2v) is 8.75. The smallest absolute Gasteiger partial charge is 0.412 e. The number of nitrogens with one attached hydrogen (secondary N) is 2. The third-order valence-corrected chi connectivity index (χ3v) is 5.05. The lowest BCUT2D eigenvalue weighted by Crippen LogP contribution is -2.28. The van der Waals surface area contributed by atoms with E-state index < -0.39 is 17.7 Å². The first kappa shape index (κ1) is 24.7. The number of carbonyl (C=O) groups is 3. The van der Waals surface area contributed by atoms with Crippen LogP contribution in [0.5, 0.6) is 0 Å². The molecular weight excluding hydrogens is 434 g/mol. The average molecular weight is 464 g/mol. The Morgan fingerprint density at radius 2 is 1.74 bits per heavy atom. The van der Waals surface area contributed by atoms with Gasteiger partial charge >= 0.3 is 12.1 Å². The summed E-state index contributed by atoms with van der Waals surface area (Å²) in [4.78, 5) is 40.9. The summed E-state index contributed by atoms with van der Waals surface area (Å²) in [6, 6.07) is 7.29. The lowest BCUT2D eigenvalue weighted by atomic mass is 10.0. The minimum Gasteiger partial charge on any atom is -0.464 e. The summed E-state index contributed by atoms with van der Waals surface area (Å²) >= 11 is 0. The molecule has 8 nitrogen and oxygen atoms in total. The van der Waals surface area contributed by atoms with E-state index in [9.17, 15) is 14.4 Å². The van der Waals surface area contributed by atoms with Crippen molar-refractivity contribution in [1.29, 1.82) is 0 Å². The fraction of sp³-hybridized carbons (Fsp3) is 0.308. The van der Waals surface area contributed by atoms with Crippen molar-refractivity contribution in [2.75, 3.05) is 12.4 Å². The summed E-state index contributed by atoms with van der Waals surface area (Å²) in [5.41, 5.74) is 3.39. The van der Waals surface area contributed by atoms with Crippen molar-refractivity contribution < 1.29 is 23.9 Å². The van der Waals surface area contributed by atoms with Gasteiger partial charge in [-0.1, -0.05) is 24.3 Å². The van der Waals surface area contributed by atoms with Crippen molar-refractivity contribution in [3.63, 3.8) is 0 Å². The molecule has 34 heavy (non-hydrogen) atoms. The molecule has 2 aliphatic rings. The topological polar surface area (TPSA) is 106 Å². The third kappa shape index (κ3) is 6.31. The molecule has 1 aromatic carbocycles. The normalized spacial score (nSPS) is 16.7. The van der Waals surface area contributed by atoms with Crippen molar-refractivity contribution in [2.24, 2.45) is 4.99 Å². The molecule has 1 aliphatic heterocycles. The highest BCUT2D eigenvalue weighted by Crippen LogP contribution is 2.28. The standard InChI is InChI=1S/C26H29N3O5/c1-6-16-11-14-21(28-22(16)24(31)33-5)29-23(30)19-8-7-18(15-19)17-9-12-20(13-10-17)27-25(32)34-26(2,3)4/h6-7,9-10,12-15H,8,11H2,1-5H3,(H,27,32)(H,29,30)/b16-6-. The van der Waals surface area contributed by atoms with Crippen LogP contribution >= 0.6 is 0 Å². The molecule has 1 aromatic rings. The van der Waals surface area contributed by atoms with Gasteiger partial charge in [0.05, 0.1) is 7.11 Å². The van der Waals surface area contributed by atoms with Gasteiger partial charge in [-0.3, -0.25) is 10.1 Å². The number of allylic oxidation sites excluding steroid dienone is 5. The Kier molecular flexibility index (Phi) is 7.50. The number of rotatable bonds is 5. The van der Waals surface area contributed by atoms with Crippen LogP contribution in [0.1, 0.15) is 46.1 Å². The number of hydrogen-bond donors (Lipinski definition) is 2. The van der Waals surface area contributed by atoms with Gasteiger partial charge in [0.15, 0.2) is 5.71 Å². The minimum atomic E-state index is -0.574. The van der Waals surface area contributed by atoms with Crippen LogP contribution in [-0.2, 0) is 19.1 Å². The predicted molar refractivity (Wildman–Crippen MR) is 131 cm³/mol. The quantitative estimate of drug-likeness (QED) is 0.618. The van der Waals surface area contributed by atoms with E-state index in [0.717, 1.165) is 16.7 Å². The van der Waals surface area contributed by atoms with Crippen molar-refractivity contribution in [3.05, 3.63) is 71.1 Å². The van der Waals surface area contributed by atoms with Crippen LogP contribution in [0, 0.1) is 0 Å². The first-order chi connectivity index (χ1) is 16.1. The summed E-state index contributed by atoms with van der Waals surface area (Å²) in [5.74, 6) is -0.498. The van der Waals surface area contributed by atoms with Gasteiger partial charge < -0.3 is 14.8 Å². The predicted octanol–water partition coefficient (Wildman–Crippen LogP) is 4.67. The number of hydrogen-bond acceptors (Lipinski definition) is 6. The van der Waals surface area contributed by atoms with Crippen LogP contribution in [0.4, 0.5) is 10.5 Å². The Morgan fingerprint density at radius 1 is 1.03 bits per heavy atom. The monoisotopic (exact) mass is 463 g/mol. The Hall–Kier alpha value is -3.94. The molecule has 0 unspecified atom stereocenters. The number of methoxy groups -OCH3 is 1. The van der Waals surface area contributed by atoms with Crippen LogP contribution in [0.25, 0.3) is 5.57 Å². The Labute approximate surface area is 199 Å². The van der Waals surface area contributed by atoms with Gasteiger partial charge in [-0.25, -0.2) is 14.6 Å². The lowest BCUT2D eigenvalue weighted by molar-refractivity contribution is -0.132. The van der Waals surface area contributed by atoms with Gasteiger partial charge in [0.25, 0.3) is 5.91 Å². The number of esters is 1. The zero-order chi connectivity index (χ0) is 24.9. The van der Waals surface area contributed by atoms with Crippen LogP contribution in [0.2, 0.25) is 0 Å². The van der Waals surface area contributed by atoms with Gasteiger partial charge in [0, 0.05) is 11.3 Å². The molecule has 0 atom stereocenters. The molecule has 0 saturated carbocycles. The molecule has 0 radical (unpaired) electrons. The zero-order valence-electron chi connectivity index (χ0n) is 20.0. The molecule has 0 saturated heterocycles.